The van der Waals surface area contributed by atoms with Crippen molar-refractivity contribution < 1.29 is 23.9 Å². The van der Waals surface area contributed by atoms with Crippen LogP contribution in [0.3, 0.4) is 0 Å². The van der Waals surface area contributed by atoms with E-state index in [9.17, 15) is 14.4 Å². The first-order valence-corrected chi connectivity index (χ1v) is 10.2. The lowest BCUT2D eigenvalue weighted by atomic mass is 10.0. The highest BCUT2D eigenvalue weighted by Gasteiger charge is 2.32. The van der Waals surface area contributed by atoms with E-state index in [-0.39, 0.29) is 37.4 Å². The third kappa shape index (κ3) is 4.40. The van der Waals surface area contributed by atoms with Crippen molar-refractivity contribution in [1.82, 2.24) is 14.8 Å². The molecule has 2 saturated heterocycles. The SMILES string of the molecule is Cl.O=C1Nc2ccc(CN3C(=O)COC3=O)cc2C1=Cc1cc(CN2CCOCC2)c[nH]1. The molecule has 32 heavy (non-hydrogen) atoms. The second kappa shape index (κ2) is 9.15. The topological polar surface area (TPSA) is 104 Å². The lowest BCUT2D eigenvalue weighted by Gasteiger charge is -2.25. The molecule has 0 radical (unpaired) electrons. The molecule has 0 saturated carbocycles. The van der Waals surface area contributed by atoms with Gasteiger partial charge in [0.05, 0.1) is 25.3 Å². The number of benzene rings is 1. The van der Waals surface area contributed by atoms with Gasteiger partial charge >= 0.3 is 6.09 Å². The third-order valence-electron chi connectivity index (χ3n) is 5.62. The number of aromatic nitrogens is 1. The van der Waals surface area contributed by atoms with Gasteiger partial charge in [-0.05, 0) is 35.4 Å². The Labute approximate surface area is 190 Å². The number of hydrogen-bond donors (Lipinski definition) is 2. The molecule has 0 atom stereocenters. The molecule has 0 aliphatic carbocycles. The number of carbonyl (C=O) groups is 3. The number of nitrogens with one attached hydrogen (secondary N) is 2. The van der Waals surface area contributed by atoms with Crippen LogP contribution in [-0.4, -0.2) is 65.6 Å². The Morgan fingerprint density at radius 2 is 1.84 bits per heavy atom. The van der Waals surface area contributed by atoms with Crippen LogP contribution in [0.2, 0.25) is 0 Å². The largest absolute Gasteiger partial charge is 0.439 e. The molecule has 1 aromatic heterocycles. The summed E-state index contributed by atoms with van der Waals surface area (Å²) in [6, 6.07) is 7.44. The molecule has 4 heterocycles. The van der Waals surface area contributed by atoms with Crippen molar-refractivity contribution in [3.63, 3.8) is 0 Å². The first-order valence-electron chi connectivity index (χ1n) is 10.2. The van der Waals surface area contributed by atoms with Crippen molar-refractivity contribution in [1.29, 1.82) is 0 Å². The van der Waals surface area contributed by atoms with E-state index in [0.717, 1.165) is 60.1 Å². The van der Waals surface area contributed by atoms with Crippen molar-refractivity contribution in [2.24, 2.45) is 0 Å². The van der Waals surface area contributed by atoms with Gasteiger partial charge in [0.1, 0.15) is 0 Å². The summed E-state index contributed by atoms with van der Waals surface area (Å²) < 4.78 is 10.2. The summed E-state index contributed by atoms with van der Waals surface area (Å²) in [5.74, 6) is -0.553. The quantitative estimate of drug-likeness (QED) is 0.666. The minimum absolute atomic E-state index is 0. The molecule has 5 rings (SSSR count). The average molecular weight is 459 g/mol. The Morgan fingerprint density at radius 1 is 1.03 bits per heavy atom. The van der Waals surface area contributed by atoms with E-state index in [1.54, 1.807) is 12.1 Å². The maximum Gasteiger partial charge on any atom is 0.417 e. The molecule has 10 heteroatoms. The third-order valence-corrected chi connectivity index (χ3v) is 5.62. The molecule has 3 aliphatic heterocycles. The van der Waals surface area contributed by atoms with Crippen LogP contribution in [0.25, 0.3) is 11.6 Å². The van der Waals surface area contributed by atoms with Crippen LogP contribution in [0.1, 0.15) is 22.4 Å². The number of halogens is 1. The van der Waals surface area contributed by atoms with Crippen LogP contribution in [0.5, 0.6) is 0 Å². The molecular formula is C22H23ClN4O5. The van der Waals surface area contributed by atoms with Gasteiger partial charge in [-0.3, -0.25) is 14.5 Å². The zero-order chi connectivity index (χ0) is 21.4. The van der Waals surface area contributed by atoms with Crippen molar-refractivity contribution in [3.8, 4) is 0 Å². The number of rotatable bonds is 5. The van der Waals surface area contributed by atoms with Crippen LogP contribution < -0.4 is 5.32 Å². The fourth-order valence-electron chi connectivity index (χ4n) is 4.00. The summed E-state index contributed by atoms with van der Waals surface area (Å²) in [6.07, 6.45) is 3.13. The van der Waals surface area contributed by atoms with E-state index in [0.29, 0.717) is 11.3 Å². The minimum Gasteiger partial charge on any atom is -0.439 e. The maximum absolute atomic E-state index is 12.6. The predicted molar refractivity (Wildman–Crippen MR) is 119 cm³/mol. The number of hydrogen-bond acceptors (Lipinski definition) is 6. The number of morpholine rings is 1. The van der Waals surface area contributed by atoms with Gasteiger partial charge in [0.2, 0.25) is 0 Å². The number of H-pyrrole nitrogens is 1. The summed E-state index contributed by atoms with van der Waals surface area (Å²) in [6.45, 7) is 4.03. The summed E-state index contributed by atoms with van der Waals surface area (Å²) in [5.41, 5.74) is 4.71. The van der Waals surface area contributed by atoms with E-state index in [1.807, 2.05) is 24.4 Å². The van der Waals surface area contributed by atoms with Gasteiger partial charge < -0.3 is 19.8 Å². The second-order valence-corrected chi connectivity index (χ2v) is 7.78. The summed E-state index contributed by atoms with van der Waals surface area (Å²) in [5, 5.41) is 2.86. The normalized spacial score (nSPS) is 19.7. The predicted octanol–water partition coefficient (Wildman–Crippen LogP) is 2.24. The number of nitrogens with zero attached hydrogens (tertiary/aromatic N) is 2. The number of aromatic amines is 1. The summed E-state index contributed by atoms with van der Waals surface area (Å²) in [4.78, 5) is 42.7. The van der Waals surface area contributed by atoms with Gasteiger partial charge in [0, 0.05) is 42.8 Å². The highest BCUT2D eigenvalue weighted by molar-refractivity contribution is 6.34. The number of imide groups is 1. The Hall–Kier alpha value is -3.14. The van der Waals surface area contributed by atoms with Crippen LogP contribution in [0.4, 0.5) is 10.5 Å². The van der Waals surface area contributed by atoms with Crippen molar-refractivity contribution in [2.45, 2.75) is 13.1 Å². The summed E-state index contributed by atoms with van der Waals surface area (Å²) in [7, 11) is 0. The van der Waals surface area contributed by atoms with Gasteiger partial charge in [-0.25, -0.2) is 9.69 Å². The number of cyclic esters (lactones) is 1. The number of anilines is 1. The van der Waals surface area contributed by atoms with Crippen molar-refractivity contribution in [3.05, 3.63) is 52.8 Å². The smallest absolute Gasteiger partial charge is 0.417 e. The number of ether oxygens (including phenoxy) is 2. The van der Waals surface area contributed by atoms with Crippen LogP contribution in [-0.2, 0) is 32.2 Å². The van der Waals surface area contributed by atoms with E-state index < -0.39 is 6.09 Å². The Morgan fingerprint density at radius 3 is 2.59 bits per heavy atom. The van der Waals surface area contributed by atoms with Crippen LogP contribution in [0.15, 0.2) is 30.5 Å². The molecule has 168 valence electrons. The molecule has 2 N–H and O–H groups in total. The Bertz CT molecular complexity index is 1070. The average Bonchev–Trinajstić information content (AvgIpc) is 3.43. The molecule has 2 aromatic rings. The number of amides is 3. The molecule has 3 aliphatic rings. The van der Waals surface area contributed by atoms with Crippen LogP contribution in [0, 0.1) is 0 Å². The van der Waals surface area contributed by atoms with Crippen LogP contribution >= 0.6 is 12.4 Å². The van der Waals surface area contributed by atoms with E-state index in [1.165, 1.54) is 0 Å². The molecule has 0 bridgehead atoms. The zero-order valence-corrected chi connectivity index (χ0v) is 18.1. The molecule has 9 nitrogen and oxygen atoms in total. The van der Waals surface area contributed by atoms with Crippen molar-refractivity contribution in [2.75, 3.05) is 38.2 Å². The van der Waals surface area contributed by atoms with Crippen molar-refractivity contribution >= 4 is 47.7 Å². The van der Waals surface area contributed by atoms with Gasteiger partial charge in [-0.2, -0.15) is 0 Å². The van der Waals surface area contributed by atoms with Gasteiger partial charge in [-0.15, -0.1) is 12.4 Å². The Kier molecular flexibility index (Phi) is 6.31. The van der Waals surface area contributed by atoms with E-state index in [2.05, 4.69) is 15.2 Å². The molecule has 0 spiro atoms. The zero-order valence-electron chi connectivity index (χ0n) is 17.3. The lowest BCUT2D eigenvalue weighted by Crippen LogP contribution is -2.35. The molecule has 2 fully saturated rings. The Balaban J connectivity index is 0.00000245. The van der Waals surface area contributed by atoms with E-state index in [4.69, 9.17) is 9.47 Å². The monoisotopic (exact) mass is 458 g/mol. The number of fused-ring (bicyclic) bond motifs is 1. The van der Waals surface area contributed by atoms with Gasteiger partial charge in [0.25, 0.3) is 11.8 Å². The fourth-order valence-corrected chi connectivity index (χ4v) is 4.00. The minimum atomic E-state index is -0.644. The number of carbonyl (C=O) groups excluding carboxylic acids is 3. The fraction of sp³-hybridized carbons (Fsp3) is 0.318. The first-order chi connectivity index (χ1) is 15.1. The summed E-state index contributed by atoms with van der Waals surface area (Å²) >= 11 is 0. The highest BCUT2D eigenvalue weighted by atomic mass is 35.5. The van der Waals surface area contributed by atoms with E-state index >= 15 is 0 Å². The molecular weight excluding hydrogens is 436 g/mol. The first kappa shape index (κ1) is 22.1. The molecule has 1 aromatic carbocycles. The van der Waals surface area contributed by atoms with Gasteiger partial charge in [-0.1, -0.05) is 6.07 Å². The standard InChI is InChI=1S/C22H22N4O5.ClH/c27-20-13-31-22(29)26(20)12-14-1-2-19-17(8-14)18(21(28)24-19)9-16-7-15(10-23-16)11-25-3-5-30-6-4-25;/h1-2,7-10,23H,3-6,11-13H2,(H,24,28);1H. The second-order valence-electron chi connectivity index (χ2n) is 7.78. The van der Waals surface area contributed by atoms with Gasteiger partial charge in [0.15, 0.2) is 6.61 Å². The molecule has 0 unspecified atom stereocenters. The molecule has 3 amide bonds. The lowest BCUT2D eigenvalue weighted by molar-refractivity contribution is -0.126. The highest BCUT2D eigenvalue weighted by Crippen LogP contribution is 2.34. The maximum atomic E-state index is 12.6.